The third kappa shape index (κ3) is 64.8. The molecule has 6 nitrogen and oxygen atoms in total. The fraction of sp³-hybridized carbons (Fsp3) is 0.712. The highest BCUT2D eigenvalue weighted by Crippen LogP contribution is 2.17. The Hall–Kier alpha value is -3.93. The number of allylic oxidation sites excluding steroid dienone is 17. The minimum absolute atomic E-state index is 0.110. The summed E-state index contributed by atoms with van der Waals surface area (Å²) in [6.45, 7) is 6.36. The average molecular weight is 1100 g/mol. The SMILES string of the molecule is CC/C=C\C/C=C\C/C=C\C/C=C\C/C=C\CC(=O)OCC(COC(=O)CCCCCCCCCCCCCCCCCCCCCCCCCCC)OC(=O)CCCCCCCCCC/C=C\C/C=C\C/C=C\C/C=C\CC. The fourth-order valence-electron chi connectivity index (χ4n) is 9.39. The first kappa shape index (κ1) is 75.1. The molecule has 0 heterocycles. The summed E-state index contributed by atoms with van der Waals surface area (Å²) in [6, 6.07) is 0. The van der Waals surface area contributed by atoms with Crippen LogP contribution in [0.5, 0.6) is 0 Å². The van der Waals surface area contributed by atoms with Crippen LogP contribution in [0.1, 0.15) is 316 Å². The van der Waals surface area contributed by atoms with Gasteiger partial charge in [-0.2, -0.15) is 0 Å². The highest BCUT2D eigenvalue weighted by atomic mass is 16.6. The molecule has 0 spiro atoms. The van der Waals surface area contributed by atoms with E-state index in [2.05, 4.69) is 118 Å². The summed E-state index contributed by atoms with van der Waals surface area (Å²) in [7, 11) is 0. The van der Waals surface area contributed by atoms with E-state index in [0.717, 1.165) is 103 Å². The lowest BCUT2D eigenvalue weighted by atomic mass is 10.0. The van der Waals surface area contributed by atoms with Crippen LogP contribution in [0, 0.1) is 0 Å². The molecular weight excluding hydrogens is 973 g/mol. The zero-order valence-corrected chi connectivity index (χ0v) is 51.9. The molecule has 79 heavy (non-hydrogen) atoms. The number of rotatable bonds is 60. The third-order valence-corrected chi connectivity index (χ3v) is 14.3. The van der Waals surface area contributed by atoms with Crippen LogP contribution >= 0.6 is 0 Å². The van der Waals surface area contributed by atoms with Crippen LogP contribution in [0.3, 0.4) is 0 Å². The molecule has 0 bridgehead atoms. The summed E-state index contributed by atoms with van der Waals surface area (Å²) in [4.78, 5) is 38.3. The quantitative estimate of drug-likeness (QED) is 0.0261. The summed E-state index contributed by atoms with van der Waals surface area (Å²) in [6.07, 6.45) is 91.4. The van der Waals surface area contributed by atoms with E-state index in [0.29, 0.717) is 12.8 Å². The van der Waals surface area contributed by atoms with Gasteiger partial charge in [-0.05, 0) is 83.5 Å². The summed E-state index contributed by atoms with van der Waals surface area (Å²) < 4.78 is 16.8. The van der Waals surface area contributed by atoms with Crippen LogP contribution in [0.25, 0.3) is 0 Å². The van der Waals surface area contributed by atoms with Gasteiger partial charge in [0.1, 0.15) is 13.2 Å². The van der Waals surface area contributed by atoms with Crippen LogP contribution in [-0.4, -0.2) is 37.2 Å². The van der Waals surface area contributed by atoms with E-state index < -0.39 is 12.1 Å². The topological polar surface area (TPSA) is 78.9 Å². The second kappa shape index (κ2) is 66.6. The largest absolute Gasteiger partial charge is 0.462 e. The lowest BCUT2D eigenvalue weighted by Crippen LogP contribution is -2.30. The summed E-state index contributed by atoms with van der Waals surface area (Å²) in [5, 5.41) is 0. The van der Waals surface area contributed by atoms with Crippen LogP contribution < -0.4 is 0 Å². The summed E-state index contributed by atoms with van der Waals surface area (Å²) in [5.74, 6) is -1.04. The van der Waals surface area contributed by atoms with Crippen molar-refractivity contribution in [1.82, 2.24) is 0 Å². The molecule has 0 saturated heterocycles. The number of carbonyl (C=O) groups is 3. The van der Waals surface area contributed by atoms with E-state index in [4.69, 9.17) is 14.2 Å². The Morgan fingerprint density at radius 3 is 0.886 bits per heavy atom. The van der Waals surface area contributed by atoms with Crippen molar-refractivity contribution in [3.63, 3.8) is 0 Å². The zero-order chi connectivity index (χ0) is 57.1. The second-order valence-corrected chi connectivity index (χ2v) is 22.0. The molecule has 1 atom stereocenters. The molecule has 0 amide bonds. The molecule has 0 aliphatic rings. The summed E-state index contributed by atoms with van der Waals surface area (Å²) in [5.41, 5.74) is 0. The van der Waals surface area contributed by atoms with Crippen LogP contribution in [0.4, 0.5) is 0 Å². The van der Waals surface area contributed by atoms with E-state index in [9.17, 15) is 14.4 Å². The summed E-state index contributed by atoms with van der Waals surface area (Å²) >= 11 is 0. The molecular formula is C73H124O6. The predicted molar refractivity (Wildman–Crippen MR) is 343 cm³/mol. The third-order valence-electron chi connectivity index (χ3n) is 14.3. The van der Waals surface area contributed by atoms with Gasteiger partial charge < -0.3 is 14.2 Å². The molecule has 0 aliphatic heterocycles. The van der Waals surface area contributed by atoms with Gasteiger partial charge in [0.25, 0.3) is 0 Å². The van der Waals surface area contributed by atoms with Crippen LogP contribution in [-0.2, 0) is 28.6 Å². The van der Waals surface area contributed by atoms with Crippen molar-refractivity contribution in [2.24, 2.45) is 0 Å². The second-order valence-electron chi connectivity index (χ2n) is 22.0. The predicted octanol–water partition coefficient (Wildman–Crippen LogP) is 23.0. The van der Waals surface area contributed by atoms with Crippen molar-refractivity contribution in [2.75, 3.05) is 13.2 Å². The molecule has 0 rings (SSSR count). The molecule has 0 aromatic heterocycles. The lowest BCUT2D eigenvalue weighted by Gasteiger charge is -2.18. The van der Waals surface area contributed by atoms with Gasteiger partial charge in [-0.3, -0.25) is 14.4 Å². The molecule has 0 aromatic rings. The van der Waals surface area contributed by atoms with Crippen molar-refractivity contribution in [2.45, 2.75) is 322 Å². The first-order valence-electron chi connectivity index (χ1n) is 33.4. The first-order chi connectivity index (χ1) is 39.0. The number of hydrogen-bond donors (Lipinski definition) is 0. The Kier molecular flexibility index (Phi) is 63.3. The van der Waals surface area contributed by atoms with Gasteiger partial charge >= 0.3 is 17.9 Å². The highest BCUT2D eigenvalue weighted by Gasteiger charge is 2.19. The molecule has 0 saturated carbocycles. The van der Waals surface area contributed by atoms with Crippen molar-refractivity contribution >= 4 is 17.9 Å². The molecule has 6 heteroatoms. The van der Waals surface area contributed by atoms with E-state index in [1.165, 1.54) is 173 Å². The smallest absolute Gasteiger partial charge is 0.309 e. The Labute approximate surface area is 489 Å². The van der Waals surface area contributed by atoms with Gasteiger partial charge in [0.15, 0.2) is 6.10 Å². The molecule has 452 valence electrons. The van der Waals surface area contributed by atoms with Gasteiger partial charge in [-0.25, -0.2) is 0 Å². The molecule has 1 unspecified atom stereocenters. The monoisotopic (exact) mass is 1100 g/mol. The molecule has 0 fully saturated rings. The van der Waals surface area contributed by atoms with Gasteiger partial charge in [0, 0.05) is 12.8 Å². The number of hydrogen-bond acceptors (Lipinski definition) is 6. The standard InChI is InChI=1S/C73H124O6/c1-4-7-10-13-16-19-22-25-28-30-32-34-35-36-37-39-40-42-45-48-51-54-57-60-63-66-72(75)78-69-70(68-77-71(74)65-62-59-56-53-50-47-44-27-24-21-18-15-12-9-6-3)79-73(76)67-64-61-58-55-52-49-46-43-41-38-33-31-29-26-23-20-17-14-11-8-5-2/h8-9,11-12,17-18,20-21,26-27,29,33,38,44,50,53,59,62,70H,4-7,10,13-16,19,22-25,28,30-32,34-37,39-43,45-49,51-52,54-58,60-61,63-69H2,1-3H3/b11-8-,12-9-,20-17-,21-18-,29-26-,38-33-,44-27-,53-50-,62-59-. The van der Waals surface area contributed by atoms with E-state index in [-0.39, 0.29) is 31.6 Å². The van der Waals surface area contributed by atoms with Crippen molar-refractivity contribution < 1.29 is 28.6 Å². The number of unbranched alkanes of at least 4 members (excludes halogenated alkanes) is 32. The van der Waals surface area contributed by atoms with Gasteiger partial charge in [-0.1, -0.05) is 323 Å². The first-order valence-corrected chi connectivity index (χ1v) is 33.4. The number of carbonyl (C=O) groups excluding carboxylic acids is 3. The van der Waals surface area contributed by atoms with Crippen molar-refractivity contribution in [3.8, 4) is 0 Å². The Morgan fingerprint density at radius 2 is 0.544 bits per heavy atom. The Balaban J connectivity index is 4.38. The minimum Gasteiger partial charge on any atom is -0.462 e. The number of ether oxygens (including phenoxy) is 3. The fourth-order valence-corrected chi connectivity index (χ4v) is 9.39. The average Bonchev–Trinajstić information content (AvgIpc) is 3.45. The molecule has 0 N–H and O–H groups in total. The Bertz CT molecular complexity index is 1590. The van der Waals surface area contributed by atoms with Gasteiger partial charge in [0.05, 0.1) is 6.42 Å². The maximum absolute atomic E-state index is 12.9. The maximum Gasteiger partial charge on any atom is 0.309 e. The lowest BCUT2D eigenvalue weighted by molar-refractivity contribution is -0.166. The minimum atomic E-state index is -0.825. The molecule has 0 radical (unpaired) electrons. The zero-order valence-electron chi connectivity index (χ0n) is 51.9. The van der Waals surface area contributed by atoms with Crippen LogP contribution in [0.15, 0.2) is 109 Å². The highest BCUT2D eigenvalue weighted by molar-refractivity contribution is 5.72. The van der Waals surface area contributed by atoms with Crippen molar-refractivity contribution in [1.29, 1.82) is 0 Å². The molecule has 0 aliphatic carbocycles. The van der Waals surface area contributed by atoms with E-state index in [1.54, 1.807) is 6.08 Å². The van der Waals surface area contributed by atoms with Gasteiger partial charge in [-0.15, -0.1) is 0 Å². The Morgan fingerprint density at radius 1 is 0.278 bits per heavy atom. The maximum atomic E-state index is 12.9. The van der Waals surface area contributed by atoms with Gasteiger partial charge in [0.2, 0.25) is 0 Å². The van der Waals surface area contributed by atoms with Crippen LogP contribution in [0.2, 0.25) is 0 Å². The van der Waals surface area contributed by atoms with E-state index >= 15 is 0 Å². The number of esters is 3. The molecule has 0 aromatic carbocycles. The normalized spacial score (nSPS) is 12.8. The van der Waals surface area contributed by atoms with Crippen molar-refractivity contribution in [3.05, 3.63) is 109 Å². The van der Waals surface area contributed by atoms with E-state index in [1.807, 2.05) is 6.08 Å².